The van der Waals surface area contributed by atoms with E-state index in [4.69, 9.17) is 0 Å². The van der Waals surface area contributed by atoms with Gasteiger partial charge < -0.3 is 15.1 Å². The molecule has 0 bridgehead atoms. The van der Waals surface area contributed by atoms with Crippen molar-refractivity contribution in [1.29, 1.82) is 0 Å². The molecule has 2 aliphatic heterocycles. The molecule has 5 heteroatoms. The zero-order valence-corrected chi connectivity index (χ0v) is 13.9. The first kappa shape index (κ1) is 16.3. The van der Waals surface area contributed by atoms with E-state index in [0.717, 1.165) is 38.8 Å². The van der Waals surface area contributed by atoms with Crippen molar-refractivity contribution < 1.29 is 9.59 Å². The zero-order valence-electron chi connectivity index (χ0n) is 13.9. The van der Waals surface area contributed by atoms with Gasteiger partial charge in [0.05, 0.1) is 5.41 Å². The fourth-order valence-corrected chi connectivity index (χ4v) is 3.80. The Labute approximate surface area is 128 Å². The molecular formula is C16H29N3O2. The molecule has 2 rings (SSSR count). The van der Waals surface area contributed by atoms with E-state index in [9.17, 15) is 9.59 Å². The predicted octanol–water partition coefficient (Wildman–Crippen LogP) is 1.24. The molecule has 2 aliphatic rings. The highest BCUT2D eigenvalue weighted by molar-refractivity contribution is 5.93. The molecule has 0 aromatic rings. The predicted molar refractivity (Wildman–Crippen MR) is 82.9 cm³/mol. The number of nitrogens with zero attached hydrogens (tertiary/aromatic N) is 2. The van der Waals surface area contributed by atoms with Gasteiger partial charge in [0.25, 0.3) is 0 Å². The van der Waals surface area contributed by atoms with Gasteiger partial charge in [-0.05, 0) is 39.7 Å². The number of piperidine rings is 1. The minimum absolute atomic E-state index is 0.0394. The molecule has 0 radical (unpaired) electrons. The third kappa shape index (κ3) is 2.80. The molecule has 2 amide bonds. The third-order valence-corrected chi connectivity index (χ3v) is 5.10. The lowest BCUT2D eigenvalue weighted by atomic mass is 9.74. The van der Waals surface area contributed by atoms with Crippen LogP contribution >= 0.6 is 0 Å². The molecule has 0 aromatic heterocycles. The summed E-state index contributed by atoms with van der Waals surface area (Å²) in [5.41, 5.74) is -1.05. The summed E-state index contributed by atoms with van der Waals surface area (Å²) in [4.78, 5) is 29.2. The lowest BCUT2D eigenvalue weighted by Gasteiger charge is -2.49. The Morgan fingerprint density at radius 1 is 1.33 bits per heavy atom. The third-order valence-electron chi connectivity index (χ3n) is 5.10. The van der Waals surface area contributed by atoms with Gasteiger partial charge in [0.1, 0.15) is 5.54 Å². The summed E-state index contributed by atoms with van der Waals surface area (Å²) in [6.45, 7) is 8.88. The van der Waals surface area contributed by atoms with Gasteiger partial charge in [-0.2, -0.15) is 0 Å². The van der Waals surface area contributed by atoms with Crippen LogP contribution in [-0.2, 0) is 9.59 Å². The molecule has 21 heavy (non-hydrogen) atoms. The largest absolute Gasteiger partial charge is 0.342 e. The van der Waals surface area contributed by atoms with Crippen LogP contribution in [0.15, 0.2) is 0 Å². The SMILES string of the molecule is CCCC1(C(=O)N2CCN(C)C(=O)C2(C)C)CCCNC1. The first-order chi connectivity index (χ1) is 9.85. The van der Waals surface area contributed by atoms with Gasteiger partial charge in [0.15, 0.2) is 0 Å². The van der Waals surface area contributed by atoms with Crippen LogP contribution in [0.4, 0.5) is 0 Å². The van der Waals surface area contributed by atoms with Crippen LogP contribution in [-0.4, -0.2) is 60.4 Å². The van der Waals surface area contributed by atoms with Crippen LogP contribution < -0.4 is 5.32 Å². The van der Waals surface area contributed by atoms with Crippen LogP contribution in [0.3, 0.4) is 0 Å². The Morgan fingerprint density at radius 3 is 2.62 bits per heavy atom. The Morgan fingerprint density at radius 2 is 2.05 bits per heavy atom. The maximum Gasteiger partial charge on any atom is 0.247 e. The summed E-state index contributed by atoms with van der Waals surface area (Å²) in [6.07, 6.45) is 3.86. The summed E-state index contributed by atoms with van der Waals surface area (Å²) in [5, 5.41) is 3.38. The normalized spacial score (nSPS) is 29.6. The van der Waals surface area contributed by atoms with Crippen LogP contribution in [0.2, 0.25) is 0 Å². The number of hydrogen-bond donors (Lipinski definition) is 1. The molecular weight excluding hydrogens is 266 g/mol. The number of likely N-dealkylation sites (N-methyl/N-ethyl adjacent to an activating group) is 1. The molecule has 0 aromatic carbocycles. The van der Waals surface area contributed by atoms with Crippen LogP contribution in [0.1, 0.15) is 46.5 Å². The Kier molecular flexibility index (Phi) is 4.61. The molecule has 0 spiro atoms. The van der Waals surface area contributed by atoms with Crippen molar-refractivity contribution in [3.05, 3.63) is 0 Å². The number of piperazine rings is 1. The number of carbonyl (C=O) groups is 2. The fourth-order valence-electron chi connectivity index (χ4n) is 3.80. The summed E-state index contributed by atoms with van der Waals surface area (Å²) in [7, 11) is 1.82. The minimum Gasteiger partial charge on any atom is -0.342 e. The Bertz CT molecular complexity index is 408. The highest BCUT2D eigenvalue weighted by atomic mass is 16.2. The maximum atomic E-state index is 13.2. The molecule has 5 nitrogen and oxygen atoms in total. The van der Waals surface area contributed by atoms with Gasteiger partial charge in [-0.25, -0.2) is 0 Å². The number of rotatable bonds is 3. The van der Waals surface area contributed by atoms with E-state index in [0.29, 0.717) is 13.1 Å². The molecule has 1 atom stereocenters. The number of amides is 2. The molecule has 2 fully saturated rings. The first-order valence-corrected chi connectivity index (χ1v) is 8.13. The molecule has 120 valence electrons. The topological polar surface area (TPSA) is 52.7 Å². The van der Waals surface area contributed by atoms with Gasteiger partial charge in [-0.15, -0.1) is 0 Å². The standard InChI is InChI=1S/C16H29N3O2/c1-5-7-16(8-6-9-17-12-16)14(21)19-11-10-18(4)13(20)15(19,2)3/h17H,5-12H2,1-4H3. The molecule has 1 N–H and O–H groups in total. The van der Waals surface area contributed by atoms with Gasteiger partial charge in [-0.3, -0.25) is 9.59 Å². The van der Waals surface area contributed by atoms with Crippen molar-refractivity contribution in [3.63, 3.8) is 0 Å². The van der Waals surface area contributed by atoms with Crippen molar-refractivity contribution >= 4 is 11.8 Å². The van der Waals surface area contributed by atoms with E-state index in [2.05, 4.69) is 12.2 Å². The van der Waals surface area contributed by atoms with E-state index in [1.807, 2.05) is 25.8 Å². The van der Waals surface area contributed by atoms with Crippen molar-refractivity contribution in [2.75, 3.05) is 33.2 Å². The second-order valence-electron chi connectivity index (χ2n) is 7.05. The average Bonchev–Trinajstić information content (AvgIpc) is 2.46. The Balaban J connectivity index is 2.26. The van der Waals surface area contributed by atoms with Gasteiger partial charge in [0.2, 0.25) is 11.8 Å². The fraction of sp³-hybridized carbons (Fsp3) is 0.875. The van der Waals surface area contributed by atoms with E-state index < -0.39 is 5.54 Å². The monoisotopic (exact) mass is 295 g/mol. The van der Waals surface area contributed by atoms with E-state index >= 15 is 0 Å². The van der Waals surface area contributed by atoms with Gasteiger partial charge >= 0.3 is 0 Å². The molecule has 0 saturated carbocycles. The van der Waals surface area contributed by atoms with Gasteiger partial charge in [-0.1, -0.05) is 13.3 Å². The molecule has 1 unspecified atom stereocenters. The molecule has 2 heterocycles. The average molecular weight is 295 g/mol. The lowest BCUT2D eigenvalue weighted by Crippen LogP contribution is -2.67. The van der Waals surface area contributed by atoms with Crippen molar-refractivity contribution in [2.45, 2.75) is 52.0 Å². The van der Waals surface area contributed by atoms with Crippen molar-refractivity contribution in [3.8, 4) is 0 Å². The van der Waals surface area contributed by atoms with Gasteiger partial charge in [0, 0.05) is 26.7 Å². The highest BCUT2D eigenvalue weighted by Crippen LogP contribution is 2.37. The van der Waals surface area contributed by atoms with Crippen molar-refractivity contribution in [1.82, 2.24) is 15.1 Å². The molecule has 0 aliphatic carbocycles. The summed E-state index contributed by atoms with van der Waals surface area (Å²) < 4.78 is 0. The maximum absolute atomic E-state index is 13.2. The molecule has 2 saturated heterocycles. The van der Waals surface area contributed by atoms with E-state index in [1.165, 1.54) is 0 Å². The minimum atomic E-state index is -0.734. The summed E-state index contributed by atoms with van der Waals surface area (Å²) >= 11 is 0. The zero-order chi connectivity index (χ0) is 15.7. The second kappa shape index (κ2) is 5.95. The number of carbonyl (C=O) groups excluding carboxylic acids is 2. The first-order valence-electron chi connectivity index (χ1n) is 8.13. The van der Waals surface area contributed by atoms with E-state index in [1.54, 1.807) is 4.90 Å². The number of nitrogens with one attached hydrogen (secondary N) is 1. The summed E-state index contributed by atoms with van der Waals surface area (Å²) in [5.74, 6) is 0.209. The van der Waals surface area contributed by atoms with Crippen LogP contribution in [0.5, 0.6) is 0 Å². The lowest BCUT2D eigenvalue weighted by molar-refractivity contribution is -0.164. The van der Waals surface area contributed by atoms with E-state index in [-0.39, 0.29) is 17.2 Å². The smallest absolute Gasteiger partial charge is 0.247 e. The second-order valence-corrected chi connectivity index (χ2v) is 7.05. The Hall–Kier alpha value is -1.10. The quantitative estimate of drug-likeness (QED) is 0.852. The highest BCUT2D eigenvalue weighted by Gasteiger charge is 2.49. The van der Waals surface area contributed by atoms with Crippen LogP contribution in [0.25, 0.3) is 0 Å². The van der Waals surface area contributed by atoms with Crippen molar-refractivity contribution in [2.24, 2.45) is 5.41 Å². The van der Waals surface area contributed by atoms with Crippen LogP contribution in [0, 0.1) is 5.41 Å². The summed E-state index contributed by atoms with van der Waals surface area (Å²) in [6, 6.07) is 0. The number of hydrogen-bond acceptors (Lipinski definition) is 3.